The fraction of sp³-hybridized carbons (Fsp3) is 0.867. The average Bonchev–Trinajstić information content (AvgIpc) is 3.23. The molecule has 2 heterocycles. The second-order valence-electron chi connectivity index (χ2n) is 6.80. The van der Waals surface area contributed by atoms with Gasteiger partial charge in [-0.05, 0) is 32.7 Å². The molecule has 0 N–H and O–H groups in total. The minimum atomic E-state index is -2.85. The molecule has 2 fully saturated rings. The molecule has 1 aromatic heterocycles. The number of rotatable bonds is 7. The van der Waals surface area contributed by atoms with E-state index in [1.54, 1.807) is 0 Å². The highest BCUT2D eigenvalue weighted by atomic mass is 32.2. The predicted molar refractivity (Wildman–Crippen MR) is 87.0 cm³/mol. The minimum absolute atomic E-state index is 0.146. The highest BCUT2D eigenvalue weighted by Crippen LogP contribution is 2.38. The van der Waals surface area contributed by atoms with Crippen LogP contribution in [-0.4, -0.2) is 73.1 Å². The first-order valence-corrected chi connectivity index (χ1v) is 10.5. The van der Waals surface area contributed by atoms with Crippen molar-refractivity contribution in [1.29, 1.82) is 0 Å². The topological polar surface area (TPSA) is 79.5 Å². The van der Waals surface area contributed by atoms with Gasteiger partial charge in [-0.2, -0.15) is 4.98 Å². The molecule has 1 saturated carbocycles. The maximum Gasteiger partial charge on any atom is 0.243 e. The van der Waals surface area contributed by atoms with Crippen molar-refractivity contribution >= 4 is 9.84 Å². The fourth-order valence-electron chi connectivity index (χ4n) is 3.01. The third-order valence-electron chi connectivity index (χ3n) is 4.70. The number of nitrogens with zero attached hydrogens (tertiary/aromatic N) is 4. The number of hydrogen-bond acceptors (Lipinski definition) is 7. The molecule has 1 saturated heterocycles. The average molecular weight is 342 g/mol. The van der Waals surface area contributed by atoms with E-state index in [1.807, 2.05) is 0 Å². The van der Waals surface area contributed by atoms with E-state index in [1.165, 1.54) is 19.1 Å². The second-order valence-corrected chi connectivity index (χ2v) is 9.06. The monoisotopic (exact) mass is 342 g/mol. The van der Waals surface area contributed by atoms with Crippen LogP contribution in [0.1, 0.15) is 49.9 Å². The van der Waals surface area contributed by atoms with Gasteiger partial charge in [0.25, 0.3) is 0 Å². The van der Waals surface area contributed by atoms with Gasteiger partial charge in [0.15, 0.2) is 5.82 Å². The Balaban J connectivity index is 1.44. The van der Waals surface area contributed by atoms with E-state index in [9.17, 15) is 8.42 Å². The van der Waals surface area contributed by atoms with Gasteiger partial charge in [-0.15, -0.1) is 0 Å². The van der Waals surface area contributed by atoms with Crippen molar-refractivity contribution in [3.05, 3.63) is 11.7 Å². The molecular weight excluding hydrogens is 316 g/mol. The van der Waals surface area contributed by atoms with Gasteiger partial charge < -0.3 is 9.42 Å². The van der Waals surface area contributed by atoms with Crippen LogP contribution in [0.4, 0.5) is 0 Å². The maximum absolute atomic E-state index is 11.2. The summed E-state index contributed by atoms with van der Waals surface area (Å²) in [6, 6.07) is 0.146. The molecule has 1 atom stereocenters. The lowest BCUT2D eigenvalue weighted by molar-refractivity contribution is 0.0885. The van der Waals surface area contributed by atoms with Gasteiger partial charge in [-0.1, -0.05) is 5.16 Å². The highest BCUT2D eigenvalue weighted by molar-refractivity contribution is 7.90. The molecule has 0 radical (unpaired) electrons. The Bertz CT molecular complexity index is 618. The first-order valence-electron chi connectivity index (χ1n) is 8.40. The minimum Gasteiger partial charge on any atom is -0.338 e. The van der Waals surface area contributed by atoms with Gasteiger partial charge in [-0.3, -0.25) is 4.90 Å². The van der Waals surface area contributed by atoms with Crippen LogP contribution >= 0.6 is 0 Å². The Hall–Kier alpha value is -0.990. The summed E-state index contributed by atoms with van der Waals surface area (Å²) in [5.74, 6) is 2.38. The third kappa shape index (κ3) is 4.74. The quantitative estimate of drug-likeness (QED) is 0.733. The molecule has 1 aromatic rings. The van der Waals surface area contributed by atoms with Gasteiger partial charge in [-0.25, -0.2) is 8.42 Å². The molecule has 7 nitrogen and oxygen atoms in total. The molecule has 2 aliphatic rings. The summed E-state index contributed by atoms with van der Waals surface area (Å²) < 4.78 is 27.8. The molecule has 3 rings (SSSR count). The molecule has 8 heteroatoms. The largest absolute Gasteiger partial charge is 0.338 e. The summed E-state index contributed by atoms with van der Waals surface area (Å²) in [5, 5.41) is 4.09. The number of aromatic nitrogens is 2. The number of sulfone groups is 1. The van der Waals surface area contributed by atoms with Crippen molar-refractivity contribution in [2.45, 2.75) is 38.1 Å². The van der Waals surface area contributed by atoms with E-state index in [-0.39, 0.29) is 11.8 Å². The highest BCUT2D eigenvalue weighted by Gasteiger charge is 2.31. The molecule has 130 valence electrons. The van der Waals surface area contributed by atoms with Gasteiger partial charge >= 0.3 is 0 Å². The molecule has 1 aliphatic heterocycles. The Morgan fingerprint density at radius 1 is 1.26 bits per heavy atom. The van der Waals surface area contributed by atoms with E-state index in [0.29, 0.717) is 12.3 Å². The van der Waals surface area contributed by atoms with E-state index < -0.39 is 9.84 Å². The number of hydrogen-bond donors (Lipinski definition) is 0. The zero-order valence-electron chi connectivity index (χ0n) is 13.9. The van der Waals surface area contributed by atoms with Crippen molar-refractivity contribution < 1.29 is 12.9 Å². The van der Waals surface area contributed by atoms with E-state index in [2.05, 4.69) is 26.9 Å². The lowest BCUT2D eigenvalue weighted by Gasteiger charge is -2.36. The molecule has 0 aromatic carbocycles. The van der Waals surface area contributed by atoms with Crippen LogP contribution in [-0.2, 0) is 9.84 Å². The predicted octanol–water partition coefficient (Wildman–Crippen LogP) is 1.06. The summed E-state index contributed by atoms with van der Waals surface area (Å²) in [6.45, 7) is 6.77. The van der Waals surface area contributed by atoms with Crippen LogP contribution in [0.15, 0.2) is 4.52 Å². The molecule has 0 spiro atoms. The van der Waals surface area contributed by atoms with Crippen molar-refractivity contribution in [3.8, 4) is 0 Å². The lowest BCUT2D eigenvalue weighted by atomic mass is 10.2. The molecular formula is C15H26N4O3S. The van der Waals surface area contributed by atoms with E-state index in [4.69, 9.17) is 4.52 Å². The summed E-state index contributed by atoms with van der Waals surface area (Å²) in [5.41, 5.74) is 0. The zero-order chi connectivity index (χ0) is 16.4. The smallest absolute Gasteiger partial charge is 0.243 e. The third-order valence-corrected chi connectivity index (χ3v) is 5.73. The van der Waals surface area contributed by atoms with Crippen molar-refractivity contribution in [2.75, 3.05) is 44.7 Å². The Kier molecular flexibility index (Phi) is 5.03. The van der Waals surface area contributed by atoms with Crippen LogP contribution in [0.25, 0.3) is 0 Å². The zero-order valence-corrected chi connectivity index (χ0v) is 14.8. The summed E-state index contributed by atoms with van der Waals surface area (Å²) in [4.78, 5) is 9.23. The van der Waals surface area contributed by atoms with E-state index in [0.717, 1.165) is 44.4 Å². The fourth-order valence-corrected chi connectivity index (χ4v) is 3.66. The molecule has 23 heavy (non-hydrogen) atoms. The van der Waals surface area contributed by atoms with Crippen LogP contribution in [0.5, 0.6) is 0 Å². The molecule has 0 unspecified atom stereocenters. The molecule has 0 bridgehead atoms. The SMILES string of the molecule is C[C@H](c1nc(C2CC2)no1)N1CCN(CCCS(C)(=O)=O)CC1. The van der Waals surface area contributed by atoms with Crippen LogP contribution < -0.4 is 0 Å². The standard InChI is InChI=1S/C15H26N4O3S/c1-12(15-16-14(17-22-15)13-4-5-13)19-9-7-18(8-10-19)6-3-11-23(2,20)21/h12-13H,3-11H2,1-2H3/t12-/m1/s1. The van der Waals surface area contributed by atoms with Crippen LogP contribution in [0.3, 0.4) is 0 Å². The van der Waals surface area contributed by atoms with Gasteiger partial charge in [0.1, 0.15) is 9.84 Å². The first-order chi connectivity index (χ1) is 10.9. The van der Waals surface area contributed by atoms with Crippen molar-refractivity contribution in [1.82, 2.24) is 19.9 Å². The van der Waals surface area contributed by atoms with E-state index >= 15 is 0 Å². The first kappa shape index (κ1) is 16.9. The van der Waals surface area contributed by atoms with Crippen molar-refractivity contribution in [3.63, 3.8) is 0 Å². The van der Waals surface area contributed by atoms with Gasteiger partial charge in [0.2, 0.25) is 5.89 Å². The normalized spacial score (nSPS) is 22.3. The Labute approximate surface area is 137 Å². The lowest BCUT2D eigenvalue weighted by Crippen LogP contribution is -2.47. The summed E-state index contributed by atoms with van der Waals surface area (Å²) in [7, 11) is -2.85. The maximum atomic E-state index is 11.2. The second kappa shape index (κ2) is 6.86. The Morgan fingerprint density at radius 2 is 1.96 bits per heavy atom. The summed E-state index contributed by atoms with van der Waals surface area (Å²) in [6.07, 6.45) is 4.37. The Morgan fingerprint density at radius 3 is 2.57 bits per heavy atom. The number of piperazine rings is 1. The molecule has 1 aliphatic carbocycles. The molecule has 0 amide bonds. The van der Waals surface area contributed by atoms with Crippen molar-refractivity contribution in [2.24, 2.45) is 0 Å². The summed E-state index contributed by atoms with van der Waals surface area (Å²) >= 11 is 0. The van der Waals surface area contributed by atoms with Gasteiger partial charge in [0.05, 0.1) is 11.8 Å². The van der Waals surface area contributed by atoms with Gasteiger partial charge in [0, 0.05) is 38.4 Å². The van der Waals surface area contributed by atoms with Crippen LogP contribution in [0, 0.1) is 0 Å². The van der Waals surface area contributed by atoms with Crippen LogP contribution in [0.2, 0.25) is 0 Å².